The van der Waals surface area contributed by atoms with E-state index in [9.17, 15) is 9.59 Å². The maximum atomic E-state index is 12.6. The number of benzene rings is 2. The molecule has 2 amide bonds. The van der Waals surface area contributed by atoms with Gasteiger partial charge in [-0.3, -0.25) is 9.59 Å². The standard InChI is InChI=1S/C22H22N4O3S/c1-29-17-8-6-16(7-9-17)24-22-25-19(14-30-22)20(27)23-11-13-26-12-10-15-4-2-3-5-18(15)21(26)28/h2-9,14H,10-13H2,1H3,(H,23,27)(H,24,25). The molecule has 0 saturated carbocycles. The van der Waals surface area contributed by atoms with Crippen LogP contribution in [0, 0.1) is 0 Å². The summed E-state index contributed by atoms with van der Waals surface area (Å²) in [6.07, 6.45) is 0.836. The third kappa shape index (κ3) is 4.44. The van der Waals surface area contributed by atoms with Crippen molar-refractivity contribution in [1.82, 2.24) is 15.2 Å². The number of fused-ring (bicyclic) bond motifs is 1. The second kappa shape index (κ2) is 8.96. The van der Waals surface area contributed by atoms with Crippen LogP contribution in [0.3, 0.4) is 0 Å². The van der Waals surface area contributed by atoms with Gasteiger partial charge < -0.3 is 20.3 Å². The number of nitrogens with zero attached hydrogens (tertiary/aromatic N) is 2. The molecule has 0 aliphatic carbocycles. The second-order valence-electron chi connectivity index (χ2n) is 6.85. The van der Waals surface area contributed by atoms with Gasteiger partial charge in [0.15, 0.2) is 5.13 Å². The van der Waals surface area contributed by atoms with E-state index in [1.165, 1.54) is 11.3 Å². The van der Waals surface area contributed by atoms with Gasteiger partial charge in [-0.2, -0.15) is 0 Å². The Bertz CT molecular complexity index is 1050. The van der Waals surface area contributed by atoms with Gasteiger partial charge in [0.25, 0.3) is 11.8 Å². The highest BCUT2D eigenvalue weighted by molar-refractivity contribution is 7.14. The van der Waals surface area contributed by atoms with E-state index < -0.39 is 0 Å². The number of anilines is 2. The number of hydrogen-bond acceptors (Lipinski definition) is 6. The van der Waals surface area contributed by atoms with E-state index in [0.717, 1.165) is 29.0 Å². The van der Waals surface area contributed by atoms with Crippen LogP contribution in [0.1, 0.15) is 26.4 Å². The lowest BCUT2D eigenvalue weighted by molar-refractivity contribution is 0.0733. The number of rotatable bonds is 7. The predicted molar refractivity (Wildman–Crippen MR) is 117 cm³/mol. The normalized spacial score (nSPS) is 13.0. The molecule has 0 spiro atoms. The number of thiazole rings is 1. The molecule has 0 radical (unpaired) electrons. The van der Waals surface area contributed by atoms with Gasteiger partial charge in [0.2, 0.25) is 0 Å². The molecule has 1 aliphatic rings. The van der Waals surface area contributed by atoms with Gasteiger partial charge in [-0.25, -0.2) is 4.98 Å². The molecule has 0 fully saturated rings. The molecular formula is C22H22N4O3S. The number of carbonyl (C=O) groups excluding carboxylic acids is 2. The molecule has 3 aromatic rings. The third-order valence-corrected chi connectivity index (χ3v) is 5.69. The molecule has 4 rings (SSSR count). The summed E-state index contributed by atoms with van der Waals surface area (Å²) >= 11 is 1.36. The van der Waals surface area contributed by atoms with Crippen LogP contribution in [0.25, 0.3) is 0 Å². The van der Waals surface area contributed by atoms with Crippen LogP contribution >= 0.6 is 11.3 Å². The molecule has 0 unspecified atom stereocenters. The lowest BCUT2D eigenvalue weighted by atomic mass is 9.99. The van der Waals surface area contributed by atoms with E-state index in [1.807, 2.05) is 48.5 Å². The Labute approximate surface area is 178 Å². The van der Waals surface area contributed by atoms with Crippen LogP contribution in [0.4, 0.5) is 10.8 Å². The molecular weight excluding hydrogens is 400 g/mol. The predicted octanol–water partition coefficient (Wildman–Crippen LogP) is 3.32. The van der Waals surface area contributed by atoms with E-state index >= 15 is 0 Å². The maximum Gasteiger partial charge on any atom is 0.270 e. The van der Waals surface area contributed by atoms with Crippen molar-refractivity contribution >= 4 is 34.0 Å². The smallest absolute Gasteiger partial charge is 0.270 e. The number of nitrogens with one attached hydrogen (secondary N) is 2. The fraction of sp³-hybridized carbons (Fsp3) is 0.227. The number of amides is 2. The zero-order valence-electron chi connectivity index (χ0n) is 16.6. The second-order valence-corrected chi connectivity index (χ2v) is 7.70. The minimum Gasteiger partial charge on any atom is -0.497 e. The number of methoxy groups -OCH3 is 1. The zero-order chi connectivity index (χ0) is 20.9. The highest BCUT2D eigenvalue weighted by atomic mass is 32.1. The van der Waals surface area contributed by atoms with Gasteiger partial charge in [-0.1, -0.05) is 18.2 Å². The number of carbonyl (C=O) groups is 2. The van der Waals surface area contributed by atoms with Crippen LogP contribution in [0.15, 0.2) is 53.9 Å². The largest absolute Gasteiger partial charge is 0.497 e. The first-order chi connectivity index (χ1) is 14.6. The molecule has 0 bridgehead atoms. The summed E-state index contributed by atoms with van der Waals surface area (Å²) < 4.78 is 5.14. The van der Waals surface area contributed by atoms with E-state index in [4.69, 9.17) is 4.74 Å². The summed E-state index contributed by atoms with van der Waals surface area (Å²) in [6, 6.07) is 15.1. The molecule has 2 aromatic carbocycles. The lowest BCUT2D eigenvalue weighted by Gasteiger charge is -2.28. The van der Waals surface area contributed by atoms with Crippen LogP contribution in [-0.2, 0) is 6.42 Å². The Morgan fingerprint density at radius 2 is 2.00 bits per heavy atom. The minimum absolute atomic E-state index is 0.0192. The van der Waals surface area contributed by atoms with E-state index in [2.05, 4.69) is 15.6 Å². The molecule has 8 heteroatoms. The Morgan fingerprint density at radius 3 is 2.80 bits per heavy atom. The summed E-state index contributed by atoms with van der Waals surface area (Å²) in [6.45, 7) is 1.52. The fourth-order valence-corrected chi connectivity index (χ4v) is 4.03. The SMILES string of the molecule is COc1ccc(Nc2nc(C(=O)NCCN3CCc4ccccc4C3=O)cs2)cc1. The Morgan fingerprint density at radius 1 is 1.20 bits per heavy atom. The van der Waals surface area contributed by atoms with Gasteiger partial charge >= 0.3 is 0 Å². The lowest BCUT2D eigenvalue weighted by Crippen LogP contribution is -2.42. The first-order valence-electron chi connectivity index (χ1n) is 9.66. The van der Waals surface area contributed by atoms with E-state index in [0.29, 0.717) is 30.5 Å². The number of hydrogen-bond donors (Lipinski definition) is 2. The summed E-state index contributed by atoms with van der Waals surface area (Å²) in [4.78, 5) is 31.1. The van der Waals surface area contributed by atoms with Gasteiger partial charge in [-0.05, 0) is 42.3 Å². The summed E-state index contributed by atoms with van der Waals surface area (Å²) in [5.41, 5.74) is 3.05. The van der Waals surface area contributed by atoms with Crippen LogP contribution in [0.5, 0.6) is 5.75 Å². The fourth-order valence-electron chi connectivity index (χ4n) is 3.32. The average Bonchev–Trinajstić information content (AvgIpc) is 3.24. The van der Waals surface area contributed by atoms with Crippen molar-refractivity contribution in [2.24, 2.45) is 0 Å². The molecule has 1 aromatic heterocycles. The molecule has 0 saturated heterocycles. The maximum absolute atomic E-state index is 12.6. The Balaban J connectivity index is 1.28. The van der Waals surface area contributed by atoms with Crippen molar-refractivity contribution in [3.05, 3.63) is 70.7 Å². The molecule has 154 valence electrons. The molecule has 2 N–H and O–H groups in total. The highest BCUT2D eigenvalue weighted by Gasteiger charge is 2.23. The Kier molecular flexibility index (Phi) is 5.94. The van der Waals surface area contributed by atoms with Crippen molar-refractivity contribution < 1.29 is 14.3 Å². The van der Waals surface area contributed by atoms with Crippen molar-refractivity contribution in [2.75, 3.05) is 32.1 Å². The first kappa shape index (κ1) is 19.9. The average molecular weight is 423 g/mol. The quantitative estimate of drug-likeness (QED) is 0.610. The van der Waals surface area contributed by atoms with Crippen molar-refractivity contribution in [3.8, 4) is 5.75 Å². The van der Waals surface area contributed by atoms with E-state index in [1.54, 1.807) is 17.4 Å². The van der Waals surface area contributed by atoms with Gasteiger partial charge in [-0.15, -0.1) is 11.3 Å². The number of ether oxygens (including phenoxy) is 1. The van der Waals surface area contributed by atoms with Crippen LogP contribution in [-0.4, -0.2) is 48.4 Å². The van der Waals surface area contributed by atoms with Gasteiger partial charge in [0.1, 0.15) is 11.4 Å². The minimum atomic E-state index is -0.251. The van der Waals surface area contributed by atoms with E-state index in [-0.39, 0.29) is 11.8 Å². The van der Waals surface area contributed by atoms with Crippen molar-refractivity contribution in [3.63, 3.8) is 0 Å². The van der Waals surface area contributed by atoms with Gasteiger partial charge in [0.05, 0.1) is 7.11 Å². The van der Waals surface area contributed by atoms with Gasteiger partial charge in [0, 0.05) is 36.3 Å². The Hall–Kier alpha value is -3.39. The first-order valence-corrected chi connectivity index (χ1v) is 10.5. The third-order valence-electron chi connectivity index (χ3n) is 4.93. The monoisotopic (exact) mass is 422 g/mol. The summed E-state index contributed by atoms with van der Waals surface area (Å²) in [7, 11) is 1.62. The number of aromatic nitrogens is 1. The van der Waals surface area contributed by atoms with Crippen molar-refractivity contribution in [2.45, 2.75) is 6.42 Å². The van der Waals surface area contributed by atoms with Crippen LogP contribution in [0.2, 0.25) is 0 Å². The molecule has 7 nitrogen and oxygen atoms in total. The highest BCUT2D eigenvalue weighted by Crippen LogP contribution is 2.23. The van der Waals surface area contributed by atoms with Crippen LogP contribution < -0.4 is 15.4 Å². The molecule has 30 heavy (non-hydrogen) atoms. The molecule has 0 atom stereocenters. The summed E-state index contributed by atoms with van der Waals surface area (Å²) in [5.74, 6) is 0.542. The topological polar surface area (TPSA) is 83.6 Å². The molecule has 1 aliphatic heterocycles. The van der Waals surface area contributed by atoms with Crippen molar-refractivity contribution in [1.29, 1.82) is 0 Å². The molecule has 2 heterocycles. The zero-order valence-corrected chi connectivity index (χ0v) is 17.4. The summed E-state index contributed by atoms with van der Waals surface area (Å²) in [5, 5.41) is 8.37.